The molecule has 0 saturated carbocycles. The quantitative estimate of drug-likeness (QED) is 0.608. The second-order valence-corrected chi connectivity index (χ2v) is 5.18. The Bertz CT molecular complexity index is 583. The highest BCUT2D eigenvalue weighted by Crippen LogP contribution is 2.03. The largest absolute Gasteiger partial charge is 0.338 e. The predicted octanol–water partition coefficient (Wildman–Crippen LogP) is 0.872. The summed E-state index contributed by atoms with van der Waals surface area (Å²) in [6, 6.07) is 9.87. The topological polar surface area (TPSA) is 109 Å². The van der Waals surface area contributed by atoms with Crippen LogP contribution in [0.25, 0.3) is 0 Å². The van der Waals surface area contributed by atoms with Gasteiger partial charge in [-0.3, -0.25) is 5.10 Å². The van der Waals surface area contributed by atoms with Gasteiger partial charge in [-0.05, 0) is 25.3 Å². The van der Waals surface area contributed by atoms with Gasteiger partial charge in [0.2, 0.25) is 0 Å². The van der Waals surface area contributed by atoms with Crippen LogP contribution in [0.1, 0.15) is 23.6 Å². The van der Waals surface area contributed by atoms with Crippen LogP contribution in [-0.2, 0) is 13.0 Å². The molecule has 0 aliphatic carbocycles. The average Bonchev–Trinajstić information content (AvgIpc) is 2.92. The third kappa shape index (κ3) is 5.53. The van der Waals surface area contributed by atoms with Crippen LogP contribution in [-0.4, -0.2) is 33.8 Å². The Morgan fingerprint density at radius 1 is 1.32 bits per heavy atom. The normalized spacial score (nSPS) is 11.9. The van der Waals surface area contributed by atoms with Gasteiger partial charge in [0.05, 0.1) is 6.54 Å². The Balaban J connectivity index is 1.60. The summed E-state index contributed by atoms with van der Waals surface area (Å²) in [5, 5.41) is 12.1. The highest BCUT2D eigenvalue weighted by Gasteiger charge is 2.06. The van der Waals surface area contributed by atoms with Crippen LogP contribution in [0.3, 0.4) is 0 Å². The van der Waals surface area contributed by atoms with Crippen LogP contribution in [0, 0.1) is 6.92 Å². The summed E-state index contributed by atoms with van der Waals surface area (Å²) >= 11 is 0. The Morgan fingerprint density at radius 3 is 2.77 bits per heavy atom. The van der Waals surface area contributed by atoms with Crippen molar-refractivity contribution in [1.29, 1.82) is 0 Å². The molecular weight excluding hydrogens is 280 g/mol. The summed E-state index contributed by atoms with van der Waals surface area (Å²) in [4.78, 5) is 15.7. The van der Waals surface area contributed by atoms with Gasteiger partial charge in [0.1, 0.15) is 5.82 Å². The molecule has 1 aromatic heterocycles. The van der Waals surface area contributed by atoms with Crippen LogP contribution < -0.4 is 16.4 Å². The van der Waals surface area contributed by atoms with Crippen molar-refractivity contribution in [2.24, 2.45) is 5.73 Å². The Kier molecular flexibility index (Phi) is 5.91. The Morgan fingerprint density at radius 2 is 2.09 bits per heavy atom. The second kappa shape index (κ2) is 8.14. The first kappa shape index (κ1) is 16.0. The van der Waals surface area contributed by atoms with Crippen molar-refractivity contribution in [2.45, 2.75) is 32.4 Å². The smallest absolute Gasteiger partial charge is 0.315 e. The monoisotopic (exact) mass is 302 g/mol. The molecule has 0 aliphatic rings. The SMILES string of the molecule is Cc1nc(CNC(=O)NCCC(N)Cc2ccccc2)n[nH]1. The Labute approximate surface area is 129 Å². The van der Waals surface area contributed by atoms with Gasteiger partial charge < -0.3 is 16.4 Å². The van der Waals surface area contributed by atoms with Gasteiger partial charge in [-0.15, -0.1) is 0 Å². The van der Waals surface area contributed by atoms with Gasteiger partial charge in [-0.2, -0.15) is 5.10 Å². The molecule has 7 nitrogen and oxygen atoms in total. The summed E-state index contributed by atoms with van der Waals surface area (Å²) in [7, 11) is 0. The number of nitrogens with zero attached hydrogens (tertiary/aromatic N) is 2. The van der Waals surface area contributed by atoms with E-state index in [1.807, 2.05) is 25.1 Å². The van der Waals surface area contributed by atoms with E-state index in [1.165, 1.54) is 5.56 Å². The molecule has 22 heavy (non-hydrogen) atoms. The summed E-state index contributed by atoms with van der Waals surface area (Å²) in [5.41, 5.74) is 7.27. The second-order valence-electron chi connectivity index (χ2n) is 5.18. The zero-order valence-electron chi connectivity index (χ0n) is 12.7. The number of nitrogens with one attached hydrogen (secondary N) is 3. The molecule has 2 amide bonds. The molecule has 0 bridgehead atoms. The molecule has 0 aliphatic heterocycles. The molecule has 0 radical (unpaired) electrons. The van der Waals surface area contributed by atoms with Gasteiger partial charge in [-0.1, -0.05) is 30.3 Å². The molecule has 0 saturated heterocycles. The Hall–Kier alpha value is -2.41. The standard InChI is InChI=1S/C15H22N6O/c1-11-19-14(21-20-11)10-18-15(22)17-8-7-13(16)9-12-5-3-2-4-6-12/h2-6,13H,7-10,16H2,1H3,(H2,17,18,22)(H,19,20,21). The van der Waals surface area contributed by atoms with Crippen molar-refractivity contribution < 1.29 is 4.79 Å². The van der Waals surface area contributed by atoms with Crippen LogP contribution in [0.4, 0.5) is 4.79 Å². The average molecular weight is 302 g/mol. The maximum atomic E-state index is 11.6. The number of aromatic nitrogens is 3. The minimum atomic E-state index is -0.241. The molecular formula is C15H22N6O. The lowest BCUT2D eigenvalue weighted by Crippen LogP contribution is -2.38. The third-order valence-electron chi connectivity index (χ3n) is 3.19. The maximum absolute atomic E-state index is 11.6. The minimum Gasteiger partial charge on any atom is -0.338 e. The summed E-state index contributed by atoms with van der Waals surface area (Å²) in [5.74, 6) is 1.29. The maximum Gasteiger partial charge on any atom is 0.315 e. The van der Waals surface area contributed by atoms with Crippen LogP contribution >= 0.6 is 0 Å². The van der Waals surface area contributed by atoms with Gasteiger partial charge in [0.25, 0.3) is 0 Å². The molecule has 1 heterocycles. The minimum absolute atomic E-state index is 0.0263. The van der Waals surface area contributed by atoms with Crippen molar-refractivity contribution in [1.82, 2.24) is 25.8 Å². The van der Waals surface area contributed by atoms with Crippen LogP contribution in [0.2, 0.25) is 0 Å². The van der Waals surface area contributed by atoms with E-state index in [0.717, 1.165) is 18.7 Å². The number of urea groups is 1. The van der Waals surface area contributed by atoms with E-state index in [9.17, 15) is 4.79 Å². The number of amides is 2. The fourth-order valence-corrected chi connectivity index (χ4v) is 2.08. The lowest BCUT2D eigenvalue weighted by Gasteiger charge is -2.12. The molecule has 1 unspecified atom stereocenters. The first-order valence-electron chi connectivity index (χ1n) is 7.32. The van der Waals surface area contributed by atoms with Gasteiger partial charge in [0, 0.05) is 12.6 Å². The molecule has 118 valence electrons. The van der Waals surface area contributed by atoms with E-state index < -0.39 is 0 Å². The van der Waals surface area contributed by atoms with Gasteiger partial charge in [-0.25, -0.2) is 9.78 Å². The van der Waals surface area contributed by atoms with E-state index in [1.54, 1.807) is 0 Å². The summed E-state index contributed by atoms with van der Waals surface area (Å²) in [6.07, 6.45) is 1.53. The number of benzene rings is 1. The zero-order chi connectivity index (χ0) is 15.8. The number of hydrogen-bond donors (Lipinski definition) is 4. The highest BCUT2D eigenvalue weighted by molar-refractivity contribution is 5.73. The van der Waals surface area contributed by atoms with Crippen molar-refractivity contribution in [3.05, 3.63) is 47.5 Å². The molecule has 1 aromatic carbocycles. The summed E-state index contributed by atoms with van der Waals surface area (Å²) in [6.45, 7) is 2.64. The number of aromatic amines is 1. The molecule has 0 fully saturated rings. The van der Waals surface area contributed by atoms with E-state index in [2.05, 4.69) is 37.9 Å². The van der Waals surface area contributed by atoms with Crippen molar-refractivity contribution in [2.75, 3.05) is 6.54 Å². The van der Waals surface area contributed by atoms with Crippen molar-refractivity contribution in [3.63, 3.8) is 0 Å². The van der Waals surface area contributed by atoms with E-state index in [0.29, 0.717) is 18.9 Å². The van der Waals surface area contributed by atoms with Gasteiger partial charge >= 0.3 is 6.03 Å². The third-order valence-corrected chi connectivity index (χ3v) is 3.19. The number of aryl methyl sites for hydroxylation is 1. The zero-order valence-corrected chi connectivity index (χ0v) is 12.7. The number of rotatable bonds is 7. The molecule has 7 heteroatoms. The van der Waals surface area contributed by atoms with Crippen molar-refractivity contribution in [3.8, 4) is 0 Å². The first-order chi connectivity index (χ1) is 10.6. The number of carbonyl (C=O) groups is 1. The number of H-pyrrole nitrogens is 1. The number of nitrogens with two attached hydrogens (primary N) is 1. The molecule has 0 spiro atoms. The van der Waals surface area contributed by atoms with Crippen LogP contribution in [0.15, 0.2) is 30.3 Å². The fraction of sp³-hybridized carbons (Fsp3) is 0.400. The number of carbonyl (C=O) groups excluding carboxylic acids is 1. The first-order valence-corrected chi connectivity index (χ1v) is 7.32. The predicted molar refractivity (Wildman–Crippen MR) is 84.1 cm³/mol. The van der Waals surface area contributed by atoms with Crippen LogP contribution in [0.5, 0.6) is 0 Å². The fourth-order valence-electron chi connectivity index (χ4n) is 2.08. The van der Waals surface area contributed by atoms with E-state index >= 15 is 0 Å². The van der Waals surface area contributed by atoms with Gasteiger partial charge in [0.15, 0.2) is 5.82 Å². The summed E-state index contributed by atoms with van der Waals surface area (Å²) < 4.78 is 0. The molecule has 2 aromatic rings. The van der Waals surface area contributed by atoms with Crippen molar-refractivity contribution >= 4 is 6.03 Å². The van der Waals surface area contributed by atoms with E-state index in [-0.39, 0.29) is 12.1 Å². The van der Waals surface area contributed by atoms with E-state index in [4.69, 9.17) is 5.73 Å². The molecule has 5 N–H and O–H groups in total. The lowest BCUT2D eigenvalue weighted by atomic mass is 10.0. The molecule has 2 rings (SSSR count). The highest BCUT2D eigenvalue weighted by atomic mass is 16.2. The molecule has 1 atom stereocenters. The lowest BCUT2D eigenvalue weighted by molar-refractivity contribution is 0.240. The number of hydrogen-bond acceptors (Lipinski definition) is 4.